The minimum absolute atomic E-state index is 0.0275. The smallest absolute Gasteiger partial charge is 0.112 e. The standard InChI is InChI=1S/C18H31BO4/c1-10(2)8-12-6-7-13(21-5)16(12)23-17-15(20)14(9-11(3)4)22-18(17)19/h10,12-18,20H,3,6-9H2,1-2,4-5H3. The van der Waals surface area contributed by atoms with Gasteiger partial charge in [-0.3, -0.25) is 0 Å². The number of hydrogen-bond donors (Lipinski definition) is 1. The normalized spacial score (nSPS) is 40.9. The lowest BCUT2D eigenvalue weighted by Gasteiger charge is -2.31. The van der Waals surface area contributed by atoms with Crippen LogP contribution in [0.25, 0.3) is 0 Å². The minimum Gasteiger partial charge on any atom is -0.388 e. The van der Waals surface area contributed by atoms with E-state index in [9.17, 15) is 5.11 Å². The molecule has 0 aromatic carbocycles. The first-order chi connectivity index (χ1) is 10.8. The van der Waals surface area contributed by atoms with Crippen LogP contribution < -0.4 is 0 Å². The van der Waals surface area contributed by atoms with Gasteiger partial charge in [-0.2, -0.15) is 0 Å². The van der Waals surface area contributed by atoms with Crippen LogP contribution in [0.15, 0.2) is 12.2 Å². The summed E-state index contributed by atoms with van der Waals surface area (Å²) in [7, 11) is 7.80. The Hall–Kier alpha value is -0.355. The third kappa shape index (κ3) is 4.59. The monoisotopic (exact) mass is 322 g/mol. The molecule has 2 fully saturated rings. The number of ether oxygens (including phenoxy) is 3. The molecule has 7 atom stereocenters. The van der Waals surface area contributed by atoms with Crippen LogP contribution in [-0.4, -0.2) is 56.6 Å². The molecule has 1 aliphatic carbocycles. The lowest BCUT2D eigenvalue weighted by molar-refractivity contribution is -0.121. The molecule has 0 aromatic heterocycles. The van der Waals surface area contributed by atoms with Crippen LogP contribution in [0.2, 0.25) is 0 Å². The molecule has 1 N–H and O–H groups in total. The average molecular weight is 322 g/mol. The van der Waals surface area contributed by atoms with Gasteiger partial charge in [-0.05, 0) is 44.4 Å². The predicted molar refractivity (Wildman–Crippen MR) is 91.5 cm³/mol. The van der Waals surface area contributed by atoms with E-state index in [1.54, 1.807) is 7.11 Å². The molecule has 0 amide bonds. The molecule has 1 saturated heterocycles. The second-order valence-corrected chi connectivity index (χ2v) is 7.60. The van der Waals surface area contributed by atoms with Gasteiger partial charge < -0.3 is 19.3 Å². The summed E-state index contributed by atoms with van der Waals surface area (Å²) in [5, 5.41) is 10.5. The Morgan fingerprint density at radius 2 is 2.04 bits per heavy atom. The molecule has 2 aliphatic rings. The summed E-state index contributed by atoms with van der Waals surface area (Å²) in [4.78, 5) is 0. The van der Waals surface area contributed by atoms with Gasteiger partial charge in [-0.25, -0.2) is 0 Å². The zero-order valence-corrected chi connectivity index (χ0v) is 14.9. The summed E-state index contributed by atoms with van der Waals surface area (Å²) < 4.78 is 17.6. The van der Waals surface area contributed by atoms with Crippen molar-refractivity contribution in [2.45, 2.75) is 83.0 Å². The van der Waals surface area contributed by atoms with E-state index in [4.69, 9.17) is 22.1 Å². The van der Waals surface area contributed by atoms with Crippen molar-refractivity contribution in [1.29, 1.82) is 0 Å². The van der Waals surface area contributed by atoms with Gasteiger partial charge in [0.2, 0.25) is 0 Å². The van der Waals surface area contributed by atoms with Gasteiger partial charge in [0, 0.05) is 13.1 Å². The average Bonchev–Trinajstić information content (AvgIpc) is 2.94. The Morgan fingerprint density at radius 3 is 2.61 bits per heavy atom. The Balaban J connectivity index is 2.04. The third-order valence-corrected chi connectivity index (χ3v) is 4.97. The predicted octanol–water partition coefficient (Wildman–Crippen LogP) is 2.43. The number of rotatable bonds is 7. The summed E-state index contributed by atoms with van der Waals surface area (Å²) in [6.07, 6.45) is 2.26. The van der Waals surface area contributed by atoms with Crippen LogP contribution in [0.1, 0.15) is 46.5 Å². The number of hydrogen-bond acceptors (Lipinski definition) is 4. The molecule has 4 nitrogen and oxygen atoms in total. The molecule has 130 valence electrons. The lowest BCUT2D eigenvalue weighted by atomic mass is 9.90. The molecular formula is C18H31BO4. The van der Waals surface area contributed by atoms with Crippen LogP contribution in [0.5, 0.6) is 0 Å². The van der Waals surface area contributed by atoms with Crippen molar-refractivity contribution in [3.8, 4) is 0 Å². The molecule has 0 spiro atoms. The first-order valence-corrected chi connectivity index (χ1v) is 8.75. The second kappa shape index (κ2) is 8.15. The van der Waals surface area contributed by atoms with Gasteiger partial charge >= 0.3 is 0 Å². The molecule has 2 radical (unpaired) electrons. The summed E-state index contributed by atoms with van der Waals surface area (Å²) in [6, 6.07) is -0.604. The van der Waals surface area contributed by atoms with Crippen molar-refractivity contribution >= 4 is 7.85 Å². The van der Waals surface area contributed by atoms with E-state index in [0.717, 1.165) is 24.8 Å². The van der Waals surface area contributed by atoms with Gasteiger partial charge in [-0.15, -0.1) is 6.58 Å². The fraction of sp³-hybridized carbons (Fsp3) is 0.889. The van der Waals surface area contributed by atoms with Crippen molar-refractivity contribution in [2.24, 2.45) is 11.8 Å². The molecule has 0 aromatic rings. The topological polar surface area (TPSA) is 47.9 Å². The van der Waals surface area contributed by atoms with Crippen molar-refractivity contribution < 1.29 is 19.3 Å². The first-order valence-electron chi connectivity index (χ1n) is 8.75. The SMILES string of the molecule is [B]C1OC(CC(=C)C)C(O)C1OC1C(CC(C)C)CCC1OC. The molecule has 2 rings (SSSR count). The molecule has 1 heterocycles. The van der Waals surface area contributed by atoms with E-state index in [1.807, 2.05) is 6.92 Å². The van der Waals surface area contributed by atoms with Gasteiger partial charge in [0.15, 0.2) is 0 Å². The van der Waals surface area contributed by atoms with E-state index in [2.05, 4.69) is 20.4 Å². The van der Waals surface area contributed by atoms with Gasteiger partial charge in [0.1, 0.15) is 20.1 Å². The van der Waals surface area contributed by atoms with E-state index in [-0.39, 0.29) is 18.3 Å². The largest absolute Gasteiger partial charge is 0.388 e. The Kier molecular flexibility index (Phi) is 6.72. The van der Waals surface area contributed by atoms with E-state index >= 15 is 0 Å². The summed E-state index contributed by atoms with van der Waals surface area (Å²) in [5.41, 5.74) is 0.968. The maximum absolute atomic E-state index is 10.5. The van der Waals surface area contributed by atoms with Crippen LogP contribution in [-0.2, 0) is 14.2 Å². The summed E-state index contributed by atoms with van der Waals surface area (Å²) in [5.74, 6) is 1.05. The first kappa shape index (κ1) is 19.0. The van der Waals surface area contributed by atoms with Crippen LogP contribution in [0, 0.1) is 11.8 Å². The number of methoxy groups -OCH3 is 1. The Morgan fingerprint density at radius 1 is 1.35 bits per heavy atom. The Labute approximate surface area is 142 Å². The third-order valence-electron chi connectivity index (χ3n) is 4.97. The molecule has 7 unspecified atom stereocenters. The van der Waals surface area contributed by atoms with Crippen molar-refractivity contribution in [3.05, 3.63) is 12.2 Å². The van der Waals surface area contributed by atoms with E-state index in [1.165, 1.54) is 0 Å². The molecular weight excluding hydrogens is 291 g/mol. The highest BCUT2D eigenvalue weighted by Gasteiger charge is 2.46. The zero-order chi connectivity index (χ0) is 17.1. The quantitative estimate of drug-likeness (QED) is 0.578. The number of aliphatic hydroxyl groups is 1. The Bertz CT molecular complexity index is 400. The van der Waals surface area contributed by atoms with Crippen molar-refractivity contribution in [2.75, 3.05) is 7.11 Å². The van der Waals surface area contributed by atoms with Crippen LogP contribution in [0.3, 0.4) is 0 Å². The highest BCUT2D eigenvalue weighted by atomic mass is 16.6. The van der Waals surface area contributed by atoms with E-state index < -0.39 is 18.2 Å². The maximum atomic E-state index is 10.5. The molecule has 1 aliphatic heterocycles. The minimum atomic E-state index is -0.723. The van der Waals surface area contributed by atoms with Gasteiger partial charge in [0.05, 0.1) is 18.3 Å². The fourth-order valence-corrected chi connectivity index (χ4v) is 3.94. The van der Waals surface area contributed by atoms with Gasteiger partial charge in [0.25, 0.3) is 0 Å². The van der Waals surface area contributed by atoms with Crippen LogP contribution in [0.4, 0.5) is 0 Å². The molecule has 5 heteroatoms. The molecule has 1 saturated carbocycles. The zero-order valence-electron chi connectivity index (χ0n) is 14.9. The lowest BCUT2D eigenvalue weighted by Crippen LogP contribution is -2.43. The highest BCUT2D eigenvalue weighted by molar-refractivity contribution is 6.11. The maximum Gasteiger partial charge on any atom is 0.112 e. The summed E-state index contributed by atoms with van der Waals surface area (Å²) in [6.45, 7) is 10.2. The number of aliphatic hydroxyl groups excluding tert-OH is 1. The second-order valence-electron chi connectivity index (χ2n) is 7.60. The van der Waals surface area contributed by atoms with Crippen LogP contribution >= 0.6 is 0 Å². The molecule has 23 heavy (non-hydrogen) atoms. The van der Waals surface area contributed by atoms with E-state index in [0.29, 0.717) is 18.3 Å². The highest BCUT2D eigenvalue weighted by Crippen LogP contribution is 2.38. The fourth-order valence-electron chi connectivity index (χ4n) is 3.94. The van der Waals surface area contributed by atoms with Gasteiger partial charge in [-0.1, -0.05) is 19.4 Å². The van der Waals surface area contributed by atoms with Crippen molar-refractivity contribution in [3.63, 3.8) is 0 Å². The molecule has 0 bridgehead atoms. The summed E-state index contributed by atoms with van der Waals surface area (Å²) >= 11 is 0. The van der Waals surface area contributed by atoms with Crippen molar-refractivity contribution in [1.82, 2.24) is 0 Å².